The van der Waals surface area contributed by atoms with Crippen LogP contribution in [0, 0.1) is 5.82 Å². The van der Waals surface area contributed by atoms with Crippen molar-refractivity contribution in [2.45, 2.75) is 12.5 Å². The molecule has 27 heavy (non-hydrogen) atoms. The first-order chi connectivity index (χ1) is 12.9. The fourth-order valence-electron chi connectivity index (χ4n) is 3.20. The molecule has 4 rings (SSSR count). The van der Waals surface area contributed by atoms with Crippen molar-refractivity contribution in [2.75, 3.05) is 11.5 Å². The average molecular weight is 388 g/mol. The van der Waals surface area contributed by atoms with Gasteiger partial charge in [-0.1, -0.05) is 12.1 Å². The number of amides is 1. The maximum atomic E-state index is 14.3. The maximum Gasteiger partial charge on any atom is 0.256 e. The first kappa shape index (κ1) is 17.5. The highest BCUT2D eigenvalue weighted by atomic mass is 32.2. The molecule has 1 aromatic carbocycles. The Kier molecular flexibility index (Phi) is 4.31. The summed E-state index contributed by atoms with van der Waals surface area (Å²) in [6, 6.07) is 9.28. The summed E-state index contributed by atoms with van der Waals surface area (Å²) in [7, 11) is -3.11. The van der Waals surface area contributed by atoms with Crippen LogP contribution in [0.5, 0.6) is 0 Å². The molecule has 1 aliphatic rings. The van der Waals surface area contributed by atoms with Gasteiger partial charge in [0.2, 0.25) is 0 Å². The summed E-state index contributed by atoms with van der Waals surface area (Å²) in [5, 5.41) is 6.96. The van der Waals surface area contributed by atoms with Crippen molar-refractivity contribution < 1.29 is 17.6 Å². The van der Waals surface area contributed by atoms with E-state index >= 15 is 0 Å². The van der Waals surface area contributed by atoms with E-state index < -0.39 is 27.6 Å². The summed E-state index contributed by atoms with van der Waals surface area (Å²) < 4.78 is 40.6. The Hall–Kier alpha value is -2.94. The standard InChI is InChI=1S/C18H17FN4O3S/c19-15-5-1-2-6-16(15)23-18(22-8-3-4-9-22)14(11-20-23)17(24)21-13-7-10-27(25,26)12-13/h1-6,8-9,11,13H,7,10,12H2,(H,21,24). The van der Waals surface area contributed by atoms with E-state index in [4.69, 9.17) is 0 Å². The Balaban J connectivity index is 1.73. The molecule has 1 N–H and O–H groups in total. The van der Waals surface area contributed by atoms with E-state index in [0.717, 1.165) is 0 Å². The zero-order valence-corrected chi connectivity index (χ0v) is 15.1. The van der Waals surface area contributed by atoms with Crippen LogP contribution in [0.1, 0.15) is 16.8 Å². The summed E-state index contributed by atoms with van der Waals surface area (Å²) >= 11 is 0. The fraction of sp³-hybridized carbons (Fsp3) is 0.222. The molecule has 0 radical (unpaired) electrons. The van der Waals surface area contributed by atoms with Gasteiger partial charge in [-0.2, -0.15) is 5.10 Å². The molecular formula is C18H17FN4O3S. The Morgan fingerprint density at radius 1 is 1.19 bits per heavy atom. The lowest BCUT2D eigenvalue weighted by Crippen LogP contribution is -2.36. The minimum absolute atomic E-state index is 0.0664. The molecule has 0 saturated carbocycles. The van der Waals surface area contributed by atoms with Gasteiger partial charge < -0.3 is 9.88 Å². The Labute approximate surface area is 155 Å². The molecule has 2 aromatic heterocycles. The van der Waals surface area contributed by atoms with Gasteiger partial charge >= 0.3 is 0 Å². The maximum absolute atomic E-state index is 14.3. The van der Waals surface area contributed by atoms with Crippen molar-refractivity contribution in [1.82, 2.24) is 19.7 Å². The smallest absolute Gasteiger partial charge is 0.256 e. The van der Waals surface area contributed by atoms with Crippen molar-refractivity contribution in [2.24, 2.45) is 0 Å². The van der Waals surface area contributed by atoms with Gasteiger partial charge in [0, 0.05) is 18.4 Å². The van der Waals surface area contributed by atoms with E-state index in [9.17, 15) is 17.6 Å². The SMILES string of the molecule is O=C(NC1CCS(=O)(=O)C1)c1cnn(-c2ccccc2F)c1-n1cccc1. The number of hydrogen-bond acceptors (Lipinski definition) is 4. The third kappa shape index (κ3) is 3.37. The quantitative estimate of drug-likeness (QED) is 0.737. The third-order valence-corrected chi connectivity index (χ3v) is 6.25. The molecular weight excluding hydrogens is 371 g/mol. The monoisotopic (exact) mass is 388 g/mol. The molecule has 140 valence electrons. The molecule has 0 spiro atoms. The van der Waals surface area contributed by atoms with Gasteiger partial charge in [-0.25, -0.2) is 17.5 Å². The highest BCUT2D eigenvalue weighted by molar-refractivity contribution is 7.91. The van der Waals surface area contributed by atoms with E-state index in [1.807, 2.05) is 0 Å². The Bertz CT molecular complexity index is 1090. The van der Waals surface area contributed by atoms with Gasteiger partial charge in [0.15, 0.2) is 15.7 Å². The number of rotatable bonds is 4. The predicted octanol–water partition coefficient (Wildman–Crippen LogP) is 1.72. The van der Waals surface area contributed by atoms with E-state index in [-0.39, 0.29) is 22.8 Å². The number of nitrogens with zero attached hydrogens (tertiary/aromatic N) is 3. The van der Waals surface area contributed by atoms with Crippen LogP contribution in [0.4, 0.5) is 4.39 Å². The summed E-state index contributed by atoms with van der Waals surface area (Å²) in [6.45, 7) is 0. The third-order valence-electron chi connectivity index (χ3n) is 4.49. The van der Waals surface area contributed by atoms with E-state index in [1.54, 1.807) is 47.3 Å². The van der Waals surface area contributed by atoms with Crippen LogP contribution in [0.3, 0.4) is 0 Å². The number of para-hydroxylation sites is 1. The number of aromatic nitrogens is 3. The molecule has 3 aromatic rings. The number of carbonyl (C=O) groups excluding carboxylic acids is 1. The van der Waals surface area contributed by atoms with Crippen LogP contribution in [0.2, 0.25) is 0 Å². The second-order valence-electron chi connectivity index (χ2n) is 6.41. The molecule has 1 fully saturated rings. The summed E-state index contributed by atoms with van der Waals surface area (Å²) in [4.78, 5) is 12.8. The second kappa shape index (κ2) is 6.66. The van der Waals surface area contributed by atoms with Gasteiger partial charge in [-0.3, -0.25) is 4.79 Å². The summed E-state index contributed by atoms with van der Waals surface area (Å²) in [5.74, 6) is -0.537. The molecule has 1 saturated heterocycles. The summed E-state index contributed by atoms with van der Waals surface area (Å²) in [5.41, 5.74) is 0.447. The lowest BCUT2D eigenvalue weighted by atomic mass is 10.2. The first-order valence-corrected chi connectivity index (χ1v) is 10.2. The largest absolute Gasteiger partial charge is 0.348 e. The van der Waals surface area contributed by atoms with Gasteiger partial charge in [-0.15, -0.1) is 0 Å². The van der Waals surface area contributed by atoms with Crippen molar-refractivity contribution in [3.63, 3.8) is 0 Å². The van der Waals surface area contributed by atoms with Crippen LogP contribution >= 0.6 is 0 Å². The Morgan fingerprint density at radius 2 is 1.93 bits per heavy atom. The first-order valence-electron chi connectivity index (χ1n) is 8.42. The van der Waals surface area contributed by atoms with E-state index in [0.29, 0.717) is 12.2 Å². The van der Waals surface area contributed by atoms with Crippen molar-refractivity contribution in [3.05, 3.63) is 66.4 Å². The van der Waals surface area contributed by atoms with E-state index in [2.05, 4.69) is 10.4 Å². The highest BCUT2D eigenvalue weighted by Crippen LogP contribution is 2.22. The average Bonchev–Trinajstić information content (AvgIpc) is 3.34. The van der Waals surface area contributed by atoms with Crippen LogP contribution < -0.4 is 5.32 Å². The van der Waals surface area contributed by atoms with Crippen LogP contribution in [0.15, 0.2) is 55.0 Å². The minimum atomic E-state index is -3.11. The van der Waals surface area contributed by atoms with Crippen LogP contribution in [-0.2, 0) is 9.84 Å². The number of sulfone groups is 1. The number of halogens is 1. The van der Waals surface area contributed by atoms with Gasteiger partial charge in [0.05, 0.1) is 17.7 Å². The highest BCUT2D eigenvalue weighted by Gasteiger charge is 2.30. The zero-order chi connectivity index (χ0) is 19.0. The van der Waals surface area contributed by atoms with E-state index in [1.165, 1.54) is 16.9 Å². The van der Waals surface area contributed by atoms with Crippen LogP contribution in [-0.4, -0.2) is 46.2 Å². The number of hydrogen-bond donors (Lipinski definition) is 1. The van der Waals surface area contributed by atoms with Gasteiger partial charge in [-0.05, 0) is 30.7 Å². The molecule has 0 aliphatic carbocycles. The second-order valence-corrected chi connectivity index (χ2v) is 8.64. The number of nitrogens with one attached hydrogen (secondary N) is 1. The lowest BCUT2D eigenvalue weighted by molar-refractivity contribution is 0.0941. The molecule has 9 heteroatoms. The normalized spacial score (nSPS) is 18.5. The topological polar surface area (TPSA) is 86.0 Å². The van der Waals surface area contributed by atoms with Crippen LogP contribution in [0.25, 0.3) is 11.5 Å². The molecule has 1 aliphatic heterocycles. The summed E-state index contributed by atoms with van der Waals surface area (Å²) in [6.07, 6.45) is 5.20. The molecule has 1 unspecified atom stereocenters. The molecule has 1 atom stereocenters. The Morgan fingerprint density at radius 3 is 2.59 bits per heavy atom. The van der Waals surface area contributed by atoms with Gasteiger partial charge in [0.1, 0.15) is 17.1 Å². The molecule has 7 nitrogen and oxygen atoms in total. The lowest BCUT2D eigenvalue weighted by Gasteiger charge is -2.13. The molecule has 1 amide bonds. The molecule has 0 bridgehead atoms. The molecule has 3 heterocycles. The fourth-order valence-corrected chi connectivity index (χ4v) is 4.87. The minimum Gasteiger partial charge on any atom is -0.348 e. The van der Waals surface area contributed by atoms with Crippen molar-refractivity contribution in [1.29, 1.82) is 0 Å². The number of carbonyl (C=O) groups is 1. The van der Waals surface area contributed by atoms with Crippen molar-refractivity contribution in [3.8, 4) is 11.5 Å². The zero-order valence-electron chi connectivity index (χ0n) is 14.2. The van der Waals surface area contributed by atoms with Gasteiger partial charge in [0.25, 0.3) is 5.91 Å². The predicted molar refractivity (Wildman–Crippen MR) is 97.4 cm³/mol. The number of benzene rings is 1. The van der Waals surface area contributed by atoms with Crippen molar-refractivity contribution >= 4 is 15.7 Å².